The molecule has 0 bridgehead atoms. The van der Waals surface area contributed by atoms with Crippen LogP contribution < -0.4 is 5.32 Å². The molecule has 0 spiro atoms. The highest BCUT2D eigenvalue weighted by atomic mass is 35.5. The Bertz CT molecular complexity index is 641. The van der Waals surface area contributed by atoms with Crippen molar-refractivity contribution in [3.8, 4) is 0 Å². The van der Waals surface area contributed by atoms with E-state index in [-0.39, 0.29) is 18.9 Å². The molecule has 7 nitrogen and oxygen atoms in total. The molecule has 1 aromatic rings. The summed E-state index contributed by atoms with van der Waals surface area (Å²) in [6, 6.07) is 5.76. The van der Waals surface area contributed by atoms with Gasteiger partial charge in [0.1, 0.15) is 6.04 Å². The molecule has 0 heterocycles. The van der Waals surface area contributed by atoms with Gasteiger partial charge in [0, 0.05) is 19.1 Å². The van der Waals surface area contributed by atoms with Gasteiger partial charge in [-0.15, -0.1) is 0 Å². The van der Waals surface area contributed by atoms with Crippen LogP contribution in [0.25, 0.3) is 0 Å². The van der Waals surface area contributed by atoms with Gasteiger partial charge in [0.15, 0.2) is 0 Å². The predicted molar refractivity (Wildman–Crippen MR) is 98.8 cm³/mol. The maximum absolute atomic E-state index is 12.9. The number of halogens is 1. The van der Waals surface area contributed by atoms with E-state index < -0.39 is 23.3 Å². The van der Waals surface area contributed by atoms with Crippen molar-refractivity contribution in [3.05, 3.63) is 34.9 Å². The average molecular weight is 384 g/mol. The van der Waals surface area contributed by atoms with E-state index in [1.165, 1.54) is 4.90 Å². The van der Waals surface area contributed by atoms with Crippen LogP contribution >= 0.6 is 11.6 Å². The molecule has 8 heteroatoms. The lowest BCUT2D eigenvalue weighted by molar-refractivity contribution is -0.152. The third-order valence-electron chi connectivity index (χ3n) is 3.92. The van der Waals surface area contributed by atoms with E-state index in [4.69, 9.17) is 11.6 Å². The van der Waals surface area contributed by atoms with Gasteiger partial charge in [-0.05, 0) is 23.1 Å². The summed E-state index contributed by atoms with van der Waals surface area (Å²) < 4.78 is 0. The zero-order valence-corrected chi connectivity index (χ0v) is 16.4. The smallest absolute Gasteiger partial charge is 0.245 e. The van der Waals surface area contributed by atoms with Crippen LogP contribution in [0.3, 0.4) is 0 Å². The van der Waals surface area contributed by atoms with Crippen LogP contribution in [-0.4, -0.2) is 60.1 Å². The Morgan fingerprint density at radius 2 is 1.77 bits per heavy atom. The topological polar surface area (TPSA) is 90.0 Å². The quantitative estimate of drug-likeness (QED) is 0.427. The van der Waals surface area contributed by atoms with Gasteiger partial charge in [-0.25, -0.2) is 5.06 Å². The molecule has 1 unspecified atom stereocenters. The first-order valence-corrected chi connectivity index (χ1v) is 8.53. The predicted octanol–water partition coefficient (Wildman–Crippen LogP) is 1.89. The Morgan fingerprint density at radius 1 is 1.23 bits per heavy atom. The number of amides is 3. The van der Waals surface area contributed by atoms with Crippen LogP contribution in [0.1, 0.15) is 32.3 Å². The van der Waals surface area contributed by atoms with Crippen molar-refractivity contribution < 1.29 is 19.6 Å². The van der Waals surface area contributed by atoms with Gasteiger partial charge >= 0.3 is 0 Å². The van der Waals surface area contributed by atoms with E-state index in [2.05, 4.69) is 5.32 Å². The Labute approximate surface area is 158 Å². The molecule has 0 aromatic heterocycles. The molecular formula is C18H26ClN3O4. The van der Waals surface area contributed by atoms with Crippen LogP contribution in [0.4, 0.5) is 0 Å². The van der Waals surface area contributed by atoms with E-state index in [1.54, 1.807) is 38.4 Å². The average Bonchev–Trinajstić information content (AvgIpc) is 2.56. The molecule has 0 aliphatic heterocycles. The molecule has 1 aromatic carbocycles. The molecule has 0 radical (unpaired) electrons. The number of rotatable bonds is 7. The van der Waals surface area contributed by atoms with Crippen LogP contribution in [0.2, 0.25) is 5.02 Å². The van der Waals surface area contributed by atoms with Crippen molar-refractivity contribution in [2.24, 2.45) is 5.41 Å². The molecule has 0 fully saturated rings. The maximum atomic E-state index is 12.9. The Balaban J connectivity index is 3.15. The standard InChI is InChI=1S/C18H26ClN3O4/c1-18(2,3)15(17(25)21(4)5)20-16(24)14(10-22(26)11-23)12-6-8-13(19)9-7-12/h6-9,11,14-15,26H,10H2,1-5H3,(H,20,24)/t14?,15-/m1/s1. The Morgan fingerprint density at radius 3 is 2.19 bits per heavy atom. The lowest BCUT2D eigenvalue weighted by Gasteiger charge is -2.33. The highest BCUT2D eigenvalue weighted by molar-refractivity contribution is 6.30. The minimum absolute atomic E-state index is 0.225. The molecule has 0 saturated carbocycles. The lowest BCUT2D eigenvalue weighted by Crippen LogP contribution is -2.54. The number of hydrogen-bond acceptors (Lipinski definition) is 4. The highest BCUT2D eigenvalue weighted by Crippen LogP contribution is 2.24. The minimum atomic E-state index is -0.859. The SMILES string of the molecule is CN(C)C(=O)[C@@H](NC(=O)C(CN(O)C=O)c1ccc(Cl)cc1)C(C)(C)C. The fourth-order valence-electron chi connectivity index (χ4n) is 2.41. The van der Waals surface area contributed by atoms with Gasteiger partial charge in [0.2, 0.25) is 18.2 Å². The number of nitrogens with zero attached hydrogens (tertiary/aromatic N) is 2. The summed E-state index contributed by atoms with van der Waals surface area (Å²) in [6.45, 7) is 5.30. The van der Waals surface area contributed by atoms with Gasteiger partial charge in [0.25, 0.3) is 0 Å². The van der Waals surface area contributed by atoms with Gasteiger partial charge in [-0.2, -0.15) is 0 Å². The summed E-state index contributed by atoms with van der Waals surface area (Å²) in [6.07, 6.45) is 0.225. The molecule has 2 N–H and O–H groups in total. The van der Waals surface area contributed by atoms with Crippen molar-refractivity contribution in [3.63, 3.8) is 0 Å². The number of hydrogen-bond donors (Lipinski definition) is 2. The monoisotopic (exact) mass is 383 g/mol. The van der Waals surface area contributed by atoms with Crippen molar-refractivity contribution in [2.75, 3.05) is 20.6 Å². The first kappa shape index (κ1) is 21.9. The van der Waals surface area contributed by atoms with E-state index in [9.17, 15) is 19.6 Å². The molecule has 0 aliphatic carbocycles. The fourth-order valence-corrected chi connectivity index (χ4v) is 2.54. The van der Waals surface area contributed by atoms with Crippen LogP contribution in [0.15, 0.2) is 24.3 Å². The van der Waals surface area contributed by atoms with Gasteiger partial charge < -0.3 is 10.2 Å². The summed E-state index contributed by atoms with van der Waals surface area (Å²) in [5, 5.41) is 13.2. The third-order valence-corrected chi connectivity index (χ3v) is 4.17. The fraction of sp³-hybridized carbons (Fsp3) is 0.500. The summed E-state index contributed by atoms with van der Waals surface area (Å²) >= 11 is 5.88. The second kappa shape index (κ2) is 9.00. The zero-order chi connectivity index (χ0) is 20.1. The van der Waals surface area contributed by atoms with Gasteiger partial charge in [-0.3, -0.25) is 19.6 Å². The summed E-state index contributed by atoms with van der Waals surface area (Å²) in [5.74, 6) is -1.57. The number of carbonyl (C=O) groups is 3. The van der Waals surface area contributed by atoms with E-state index in [0.29, 0.717) is 15.6 Å². The molecule has 26 heavy (non-hydrogen) atoms. The Kier molecular flexibility index (Phi) is 7.59. The van der Waals surface area contributed by atoms with E-state index >= 15 is 0 Å². The number of hydroxylamine groups is 2. The lowest BCUT2D eigenvalue weighted by atomic mass is 9.85. The second-order valence-corrected chi connectivity index (χ2v) is 7.81. The number of carbonyl (C=O) groups excluding carboxylic acids is 3. The first-order valence-electron chi connectivity index (χ1n) is 8.15. The normalized spacial score (nSPS) is 13.5. The first-order chi connectivity index (χ1) is 12.0. The van der Waals surface area contributed by atoms with Crippen LogP contribution in [-0.2, 0) is 14.4 Å². The summed E-state index contributed by atoms with van der Waals surface area (Å²) in [5.41, 5.74) is 0.0447. The Hall–Kier alpha value is -2.12. The minimum Gasteiger partial charge on any atom is -0.347 e. The highest BCUT2D eigenvalue weighted by Gasteiger charge is 2.36. The number of benzene rings is 1. The van der Waals surface area contributed by atoms with E-state index in [0.717, 1.165) is 0 Å². The van der Waals surface area contributed by atoms with Gasteiger partial charge in [-0.1, -0.05) is 44.5 Å². The van der Waals surface area contributed by atoms with Crippen LogP contribution in [0, 0.1) is 5.41 Å². The van der Waals surface area contributed by atoms with E-state index in [1.807, 2.05) is 20.8 Å². The molecule has 3 amide bonds. The molecular weight excluding hydrogens is 358 g/mol. The van der Waals surface area contributed by atoms with Gasteiger partial charge in [0.05, 0.1) is 12.5 Å². The summed E-state index contributed by atoms with van der Waals surface area (Å²) in [4.78, 5) is 37.6. The third kappa shape index (κ3) is 6.00. The largest absolute Gasteiger partial charge is 0.347 e. The number of nitrogens with one attached hydrogen (secondary N) is 1. The molecule has 0 aliphatic rings. The molecule has 0 saturated heterocycles. The molecule has 2 atom stereocenters. The van der Waals surface area contributed by atoms with Crippen molar-refractivity contribution in [1.82, 2.24) is 15.3 Å². The van der Waals surface area contributed by atoms with Crippen molar-refractivity contribution >= 4 is 29.8 Å². The van der Waals surface area contributed by atoms with Crippen molar-refractivity contribution in [2.45, 2.75) is 32.7 Å². The molecule has 1 rings (SSSR count). The maximum Gasteiger partial charge on any atom is 0.245 e. The van der Waals surface area contributed by atoms with Crippen LogP contribution in [0.5, 0.6) is 0 Å². The summed E-state index contributed by atoms with van der Waals surface area (Å²) in [7, 11) is 3.23. The zero-order valence-electron chi connectivity index (χ0n) is 15.7. The molecule has 144 valence electrons. The van der Waals surface area contributed by atoms with Crippen molar-refractivity contribution in [1.29, 1.82) is 0 Å². The second-order valence-electron chi connectivity index (χ2n) is 7.37. The number of likely N-dealkylation sites (N-methyl/N-ethyl adjacent to an activating group) is 1.